The van der Waals surface area contributed by atoms with Crippen molar-refractivity contribution in [1.82, 2.24) is 10.6 Å². The summed E-state index contributed by atoms with van der Waals surface area (Å²) in [6, 6.07) is 0.271. The molecular weight excluding hydrogens is 232 g/mol. The molecule has 0 saturated carbocycles. The minimum Gasteiger partial charge on any atom is -0.381 e. The van der Waals surface area contributed by atoms with Crippen molar-refractivity contribution in [2.45, 2.75) is 45.3 Å². The number of hydrogen-bond donors (Lipinski definition) is 2. The predicted molar refractivity (Wildman–Crippen MR) is 70.6 cm³/mol. The molecule has 0 aliphatic carbocycles. The molecule has 0 spiro atoms. The highest BCUT2D eigenvalue weighted by atomic mass is 16.5. The standard InChI is InChI=1S/C13H26N2O3/c1-4-18-13(2,3)10-14-9-12(16)15-11-5-7-17-8-6-11/h11,14H,4-10H2,1-3H3,(H,15,16). The third-order valence-corrected chi connectivity index (χ3v) is 2.96. The highest BCUT2D eigenvalue weighted by Crippen LogP contribution is 2.07. The van der Waals surface area contributed by atoms with E-state index in [1.807, 2.05) is 20.8 Å². The van der Waals surface area contributed by atoms with Crippen molar-refractivity contribution >= 4 is 5.91 Å². The fraction of sp³-hybridized carbons (Fsp3) is 0.923. The van der Waals surface area contributed by atoms with Crippen molar-refractivity contribution in [3.63, 3.8) is 0 Å². The Morgan fingerprint density at radius 3 is 2.67 bits per heavy atom. The van der Waals surface area contributed by atoms with Gasteiger partial charge in [0.15, 0.2) is 0 Å². The fourth-order valence-corrected chi connectivity index (χ4v) is 2.04. The summed E-state index contributed by atoms with van der Waals surface area (Å²) in [5.41, 5.74) is -0.228. The van der Waals surface area contributed by atoms with Crippen molar-refractivity contribution in [3.8, 4) is 0 Å². The predicted octanol–water partition coefficient (Wildman–Crippen LogP) is 0.686. The number of rotatable bonds is 7. The van der Waals surface area contributed by atoms with Gasteiger partial charge in [-0.1, -0.05) is 0 Å². The van der Waals surface area contributed by atoms with Crippen LogP contribution < -0.4 is 10.6 Å². The second-order valence-electron chi connectivity index (χ2n) is 5.25. The van der Waals surface area contributed by atoms with Gasteiger partial charge < -0.3 is 20.1 Å². The zero-order valence-electron chi connectivity index (χ0n) is 11.8. The topological polar surface area (TPSA) is 59.6 Å². The van der Waals surface area contributed by atoms with Crippen LogP contribution in [0.3, 0.4) is 0 Å². The maximum absolute atomic E-state index is 11.7. The first-order valence-electron chi connectivity index (χ1n) is 6.75. The minimum atomic E-state index is -0.228. The molecule has 1 heterocycles. The highest BCUT2D eigenvalue weighted by Gasteiger charge is 2.19. The Labute approximate surface area is 110 Å². The minimum absolute atomic E-state index is 0.0502. The average molecular weight is 258 g/mol. The summed E-state index contributed by atoms with van der Waals surface area (Å²) in [6.45, 7) is 9.18. The van der Waals surface area contributed by atoms with Crippen LogP contribution in [0.5, 0.6) is 0 Å². The number of amides is 1. The van der Waals surface area contributed by atoms with E-state index in [9.17, 15) is 4.79 Å². The summed E-state index contributed by atoms with van der Waals surface area (Å²) in [6.07, 6.45) is 1.83. The fourth-order valence-electron chi connectivity index (χ4n) is 2.04. The Morgan fingerprint density at radius 2 is 2.06 bits per heavy atom. The molecule has 1 aliphatic heterocycles. The maximum atomic E-state index is 11.7. The summed E-state index contributed by atoms with van der Waals surface area (Å²) in [5, 5.41) is 6.15. The van der Waals surface area contributed by atoms with Crippen LogP contribution >= 0.6 is 0 Å². The molecule has 1 rings (SSSR count). The Hall–Kier alpha value is -0.650. The molecule has 5 heteroatoms. The van der Waals surface area contributed by atoms with Crippen LogP contribution in [-0.2, 0) is 14.3 Å². The molecule has 1 fully saturated rings. The van der Waals surface area contributed by atoms with Gasteiger partial charge >= 0.3 is 0 Å². The van der Waals surface area contributed by atoms with Crippen LogP contribution in [0.4, 0.5) is 0 Å². The van der Waals surface area contributed by atoms with E-state index < -0.39 is 0 Å². The Bertz CT molecular complexity index is 251. The summed E-state index contributed by atoms with van der Waals surface area (Å²) >= 11 is 0. The van der Waals surface area contributed by atoms with Gasteiger partial charge in [0.05, 0.1) is 12.1 Å². The van der Waals surface area contributed by atoms with Crippen LogP contribution in [0.15, 0.2) is 0 Å². The molecule has 1 amide bonds. The number of ether oxygens (including phenoxy) is 2. The smallest absolute Gasteiger partial charge is 0.234 e. The molecule has 0 aromatic carbocycles. The lowest BCUT2D eigenvalue weighted by atomic mass is 10.1. The SMILES string of the molecule is CCOC(C)(C)CNCC(=O)NC1CCOCC1. The number of hydrogen-bond acceptors (Lipinski definition) is 4. The van der Waals surface area contributed by atoms with E-state index in [0.717, 1.165) is 26.1 Å². The molecule has 5 nitrogen and oxygen atoms in total. The van der Waals surface area contributed by atoms with Crippen LogP contribution in [0.1, 0.15) is 33.6 Å². The van der Waals surface area contributed by atoms with Crippen LogP contribution in [0.2, 0.25) is 0 Å². The summed E-state index contributed by atoms with van der Waals surface area (Å²) in [4.78, 5) is 11.7. The van der Waals surface area contributed by atoms with Gasteiger partial charge in [0.1, 0.15) is 0 Å². The first-order chi connectivity index (χ1) is 8.53. The van der Waals surface area contributed by atoms with Gasteiger partial charge in [0, 0.05) is 32.4 Å². The lowest BCUT2D eigenvalue weighted by Gasteiger charge is -2.26. The van der Waals surface area contributed by atoms with Crippen LogP contribution in [0.25, 0.3) is 0 Å². The maximum Gasteiger partial charge on any atom is 0.234 e. The highest BCUT2D eigenvalue weighted by molar-refractivity contribution is 5.78. The normalized spacial score (nSPS) is 17.7. The Morgan fingerprint density at radius 1 is 1.39 bits per heavy atom. The second kappa shape index (κ2) is 7.71. The second-order valence-corrected chi connectivity index (χ2v) is 5.25. The zero-order chi connectivity index (χ0) is 13.4. The molecule has 0 aromatic heterocycles. The molecule has 2 N–H and O–H groups in total. The third kappa shape index (κ3) is 6.33. The van der Waals surface area contributed by atoms with E-state index in [-0.39, 0.29) is 17.6 Å². The van der Waals surface area contributed by atoms with E-state index in [1.54, 1.807) is 0 Å². The van der Waals surface area contributed by atoms with E-state index >= 15 is 0 Å². The first-order valence-corrected chi connectivity index (χ1v) is 6.75. The largest absolute Gasteiger partial charge is 0.381 e. The molecule has 1 aliphatic rings. The number of carbonyl (C=O) groups is 1. The molecule has 106 valence electrons. The van der Waals surface area contributed by atoms with Crippen LogP contribution in [-0.4, -0.2) is 50.5 Å². The average Bonchev–Trinajstić information content (AvgIpc) is 2.29. The Balaban J connectivity index is 2.12. The van der Waals surface area contributed by atoms with E-state index in [0.29, 0.717) is 19.7 Å². The van der Waals surface area contributed by atoms with Crippen molar-refractivity contribution in [2.24, 2.45) is 0 Å². The van der Waals surface area contributed by atoms with E-state index in [1.165, 1.54) is 0 Å². The lowest BCUT2D eigenvalue weighted by molar-refractivity contribution is -0.121. The van der Waals surface area contributed by atoms with Crippen molar-refractivity contribution in [1.29, 1.82) is 0 Å². The molecule has 1 saturated heterocycles. The molecule has 0 radical (unpaired) electrons. The van der Waals surface area contributed by atoms with E-state index in [4.69, 9.17) is 9.47 Å². The summed E-state index contributed by atoms with van der Waals surface area (Å²) in [7, 11) is 0. The lowest BCUT2D eigenvalue weighted by Crippen LogP contribution is -2.46. The van der Waals surface area contributed by atoms with Gasteiger partial charge in [-0.05, 0) is 33.6 Å². The first kappa shape index (κ1) is 15.4. The molecule has 0 bridgehead atoms. The molecular formula is C13H26N2O3. The molecule has 0 atom stereocenters. The molecule has 0 aromatic rings. The van der Waals surface area contributed by atoms with Crippen molar-refractivity contribution in [2.75, 3.05) is 32.9 Å². The van der Waals surface area contributed by atoms with Gasteiger partial charge in [-0.2, -0.15) is 0 Å². The van der Waals surface area contributed by atoms with Gasteiger partial charge in [0.2, 0.25) is 5.91 Å². The summed E-state index contributed by atoms with van der Waals surface area (Å²) < 4.78 is 10.8. The zero-order valence-corrected chi connectivity index (χ0v) is 11.8. The van der Waals surface area contributed by atoms with E-state index in [2.05, 4.69) is 10.6 Å². The van der Waals surface area contributed by atoms with Crippen molar-refractivity contribution < 1.29 is 14.3 Å². The third-order valence-electron chi connectivity index (χ3n) is 2.96. The van der Waals surface area contributed by atoms with Gasteiger partial charge in [-0.15, -0.1) is 0 Å². The van der Waals surface area contributed by atoms with Crippen molar-refractivity contribution in [3.05, 3.63) is 0 Å². The monoisotopic (exact) mass is 258 g/mol. The van der Waals surface area contributed by atoms with Gasteiger partial charge in [0.25, 0.3) is 0 Å². The number of nitrogens with one attached hydrogen (secondary N) is 2. The van der Waals surface area contributed by atoms with Gasteiger partial charge in [-0.25, -0.2) is 0 Å². The Kier molecular flexibility index (Phi) is 6.60. The summed E-state index contributed by atoms with van der Waals surface area (Å²) in [5.74, 6) is 0.0502. The van der Waals surface area contributed by atoms with Gasteiger partial charge in [-0.3, -0.25) is 4.79 Å². The quantitative estimate of drug-likeness (QED) is 0.705. The molecule has 18 heavy (non-hydrogen) atoms. The van der Waals surface area contributed by atoms with Crippen LogP contribution in [0, 0.1) is 0 Å². The number of carbonyl (C=O) groups excluding carboxylic acids is 1. The molecule has 0 unspecified atom stereocenters.